The molecular formula is C18H15FN6. The van der Waals surface area contributed by atoms with Crippen LogP contribution in [0.15, 0.2) is 48.8 Å². The number of pyridine rings is 1. The molecule has 3 rings (SSSR count). The van der Waals surface area contributed by atoms with Gasteiger partial charge in [0.05, 0.1) is 11.4 Å². The third-order valence-corrected chi connectivity index (χ3v) is 3.43. The molecule has 2 heterocycles. The van der Waals surface area contributed by atoms with Crippen LogP contribution in [0.1, 0.15) is 12.5 Å². The summed E-state index contributed by atoms with van der Waals surface area (Å²) in [5.41, 5.74) is 1.85. The predicted octanol–water partition coefficient (Wildman–Crippen LogP) is 3.72. The summed E-state index contributed by atoms with van der Waals surface area (Å²) in [5.74, 6) is 0.317. The van der Waals surface area contributed by atoms with Gasteiger partial charge in [-0.2, -0.15) is 10.2 Å². The average Bonchev–Trinajstić information content (AvgIpc) is 2.63. The van der Waals surface area contributed by atoms with Crippen LogP contribution in [0, 0.1) is 17.1 Å². The predicted molar refractivity (Wildman–Crippen MR) is 93.8 cm³/mol. The number of benzene rings is 1. The van der Waals surface area contributed by atoms with Gasteiger partial charge in [0.1, 0.15) is 23.3 Å². The van der Waals surface area contributed by atoms with Crippen LogP contribution in [0.5, 0.6) is 0 Å². The number of aromatic nitrogens is 3. The third kappa shape index (κ3) is 3.70. The smallest absolute Gasteiger partial charge is 0.225 e. The summed E-state index contributed by atoms with van der Waals surface area (Å²) in [4.78, 5) is 12.8. The second-order valence-corrected chi connectivity index (χ2v) is 5.13. The molecule has 25 heavy (non-hydrogen) atoms. The van der Waals surface area contributed by atoms with Crippen molar-refractivity contribution < 1.29 is 4.39 Å². The third-order valence-electron chi connectivity index (χ3n) is 3.43. The van der Waals surface area contributed by atoms with E-state index in [0.29, 0.717) is 29.7 Å². The van der Waals surface area contributed by atoms with E-state index in [2.05, 4.69) is 25.6 Å². The molecule has 0 aliphatic rings. The molecule has 0 fully saturated rings. The Kier molecular flexibility index (Phi) is 4.81. The molecule has 0 aliphatic carbocycles. The topological polar surface area (TPSA) is 86.5 Å². The molecule has 0 spiro atoms. The van der Waals surface area contributed by atoms with E-state index in [9.17, 15) is 4.39 Å². The van der Waals surface area contributed by atoms with Crippen molar-refractivity contribution in [3.05, 3.63) is 60.2 Å². The Labute approximate surface area is 144 Å². The van der Waals surface area contributed by atoms with Crippen molar-refractivity contribution in [3.63, 3.8) is 0 Å². The molecule has 1 aromatic carbocycles. The van der Waals surface area contributed by atoms with E-state index in [-0.39, 0.29) is 5.56 Å². The number of rotatable bonds is 5. The van der Waals surface area contributed by atoms with Crippen molar-refractivity contribution in [2.24, 2.45) is 0 Å². The fourth-order valence-corrected chi connectivity index (χ4v) is 2.30. The molecule has 0 radical (unpaired) electrons. The minimum Gasteiger partial charge on any atom is -0.354 e. The molecule has 124 valence electrons. The minimum atomic E-state index is -0.581. The van der Waals surface area contributed by atoms with Crippen molar-refractivity contribution >= 4 is 17.5 Å². The van der Waals surface area contributed by atoms with Crippen molar-refractivity contribution in [2.45, 2.75) is 6.92 Å². The number of halogens is 1. The van der Waals surface area contributed by atoms with Crippen LogP contribution in [0.2, 0.25) is 0 Å². The van der Waals surface area contributed by atoms with Gasteiger partial charge in [0.25, 0.3) is 0 Å². The highest BCUT2D eigenvalue weighted by molar-refractivity contribution is 5.70. The molecule has 0 amide bonds. The summed E-state index contributed by atoms with van der Waals surface area (Å²) in [6, 6.07) is 11.7. The fraction of sp³-hybridized carbons (Fsp3) is 0.111. The molecule has 3 aromatic rings. The fourth-order valence-electron chi connectivity index (χ4n) is 2.30. The van der Waals surface area contributed by atoms with Gasteiger partial charge in [-0.25, -0.2) is 9.37 Å². The monoisotopic (exact) mass is 334 g/mol. The van der Waals surface area contributed by atoms with Crippen LogP contribution in [-0.2, 0) is 0 Å². The van der Waals surface area contributed by atoms with Crippen molar-refractivity contribution in [2.75, 3.05) is 17.2 Å². The van der Waals surface area contributed by atoms with Gasteiger partial charge in [-0.15, -0.1) is 0 Å². The lowest BCUT2D eigenvalue weighted by molar-refractivity contribution is 0.624. The highest BCUT2D eigenvalue weighted by Gasteiger charge is 2.11. The average molecular weight is 334 g/mol. The summed E-state index contributed by atoms with van der Waals surface area (Å²) in [6.45, 7) is 2.60. The molecule has 0 unspecified atom stereocenters. The van der Waals surface area contributed by atoms with Crippen LogP contribution in [0.4, 0.5) is 21.8 Å². The number of nitrogens with zero attached hydrogens (tertiary/aromatic N) is 4. The number of anilines is 3. The molecule has 0 saturated carbocycles. The maximum Gasteiger partial charge on any atom is 0.225 e. The van der Waals surface area contributed by atoms with Crippen molar-refractivity contribution in [3.8, 4) is 17.3 Å². The van der Waals surface area contributed by atoms with Gasteiger partial charge in [-0.05, 0) is 31.2 Å². The molecule has 0 atom stereocenters. The largest absolute Gasteiger partial charge is 0.354 e. The summed E-state index contributed by atoms with van der Waals surface area (Å²) in [6.07, 6.45) is 3.36. The van der Waals surface area contributed by atoms with E-state index >= 15 is 0 Å². The van der Waals surface area contributed by atoms with Gasteiger partial charge in [0, 0.05) is 30.6 Å². The van der Waals surface area contributed by atoms with Crippen molar-refractivity contribution in [1.29, 1.82) is 5.26 Å². The number of hydrogen-bond acceptors (Lipinski definition) is 6. The van der Waals surface area contributed by atoms with Gasteiger partial charge in [-0.3, -0.25) is 4.98 Å². The zero-order valence-electron chi connectivity index (χ0n) is 13.5. The van der Waals surface area contributed by atoms with E-state index in [4.69, 9.17) is 5.26 Å². The van der Waals surface area contributed by atoms with Gasteiger partial charge in [0.15, 0.2) is 0 Å². The molecule has 2 N–H and O–H groups in total. The van der Waals surface area contributed by atoms with Crippen LogP contribution in [0.3, 0.4) is 0 Å². The van der Waals surface area contributed by atoms with E-state index in [1.807, 2.05) is 25.1 Å². The maximum absolute atomic E-state index is 13.8. The van der Waals surface area contributed by atoms with E-state index < -0.39 is 5.82 Å². The summed E-state index contributed by atoms with van der Waals surface area (Å²) in [7, 11) is 0. The Morgan fingerprint density at radius 3 is 2.68 bits per heavy atom. The quantitative estimate of drug-likeness (QED) is 0.739. The van der Waals surface area contributed by atoms with E-state index in [1.54, 1.807) is 24.5 Å². The highest BCUT2D eigenvalue weighted by Crippen LogP contribution is 2.25. The minimum absolute atomic E-state index is 0.0587. The summed E-state index contributed by atoms with van der Waals surface area (Å²) in [5, 5.41) is 15.2. The lowest BCUT2D eigenvalue weighted by Crippen LogP contribution is -2.06. The zero-order chi connectivity index (χ0) is 17.6. The highest BCUT2D eigenvalue weighted by atomic mass is 19.1. The molecule has 6 nitrogen and oxygen atoms in total. The van der Waals surface area contributed by atoms with E-state index in [0.717, 1.165) is 5.56 Å². The first-order chi connectivity index (χ1) is 12.2. The van der Waals surface area contributed by atoms with Gasteiger partial charge in [-0.1, -0.05) is 6.07 Å². The number of nitrogens with one attached hydrogen (secondary N) is 2. The Hall–Kier alpha value is -3.53. The van der Waals surface area contributed by atoms with Gasteiger partial charge < -0.3 is 10.6 Å². The first-order valence-electron chi connectivity index (χ1n) is 7.70. The van der Waals surface area contributed by atoms with Gasteiger partial charge in [0.2, 0.25) is 5.95 Å². The Bertz CT molecular complexity index is 921. The van der Waals surface area contributed by atoms with Gasteiger partial charge >= 0.3 is 0 Å². The summed E-state index contributed by atoms with van der Waals surface area (Å²) < 4.78 is 13.8. The van der Waals surface area contributed by atoms with Crippen LogP contribution < -0.4 is 10.6 Å². The SMILES string of the molecule is CCNc1nc(Nc2cccc(F)c2C#N)cc(-c2ccncc2)n1. The molecular weight excluding hydrogens is 319 g/mol. The number of hydrogen-bond donors (Lipinski definition) is 2. The van der Waals surface area contributed by atoms with Crippen LogP contribution >= 0.6 is 0 Å². The molecule has 0 saturated heterocycles. The lowest BCUT2D eigenvalue weighted by atomic mass is 10.1. The zero-order valence-corrected chi connectivity index (χ0v) is 13.5. The van der Waals surface area contributed by atoms with Crippen LogP contribution in [0.25, 0.3) is 11.3 Å². The lowest BCUT2D eigenvalue weighted by Gasteiger charge is -2.12. The number of nitriles is 1. The first-order valence-corrected chi connectivity index (χ1v) is 7.70. The Balaban J connectivity index is 2.03. The van der Waals surface area contributed by atoms with E-state index in [1.165, 1.54) is 12.1 Å². The molecule has 0 aliphatic heterocycles. The maximum atomic E-state index is 13.8. The first kappa shape index (κ1) is 16.3. The second-order valence-electron chi connectivity index (χ2n) is 5.13. The molecule has 7 heteroatoms. The summed E-state index contributed by atoms with van der Waals surface area (Å²) >= 11 is 0. The van der Waals surface area contributed by atoms with Crippen LogP contribution in [-0.4, -0.2) is 21.5 Å². The van der Waals surface area contributed by atoms with Crippen molar-refractivity contribution in [1.82, 2.24) is 15.0 Å². The molecule has 0 bridgehead atoms. The standard InChI is InChI=1S/C18H15FN6/c1-2-22-18-24-16(12-6-8-21-9-7-12)10-17(25-18)23-15-5-3-4-14(19)13(15)11-20/h3-10H,2H2,1H3,(H2,22,23,24,25). The molecule has 2 aromatic heterocycles. The normalized spacial score (nSPS) is 10.1. The Morgan fingerprint density at radius 2 is 1.96 bits per heavy atom. The Morgan fingerprint density at radius 1 is 1.16 bits per heavy atom. The second kappa shape index (κ2) is 7.36.